The first-order chi connectivity index (χ1) is 11.7. The summed E-state index contributed by atoms with van der Waals surface area (Å²) in [5, 5.41) is 0.692. The van der Waals surface area contributed by atoms with Crippen molar-refractivity contribution >= 4 is 33.7 Å². The number of rotatable bonds is 2. The van der Waals surface area contributed by atoms with Crippen LogP contribution in [0.25, 0.3) is 0 Å². The highest BCUT2D eigenvalue weighted by Crippen LogP contribution is 2.43. The van der Waals surface area contributed by atoms with Crippen LogP contribution >= 0.6 is 11.3 Å². The van der Waals surface area contributed by atoms with E-state index in [9.17, 15) is 9.59 Å². The van der Waals surface area contributed by atoms with Crippen LogP contribution in [0.15, 0.2) is 35.3 Å². The summed E-state index contributed by atoms with van der Waals surface area (Å²) in [6.07, 6.45) is 4.09. The molecule has 6 heteroatoms. The van der Waals surface area contributed by atoms with Gasteiger partial charge in [0.05, 0.1) is 5.56 Å². The summed E-state index contributed by atoms with van der Waals surface area (Å²) in [4.78, 5) is 31.8. The number of hydrogen-bond donors (Lipinski definition) is 2. The molecule has 2 heterocycles. The van der Waals surface area contributed by atoms with Gasteiger partial charge in [0.15, 0.2) is 11.6 Å². The monoisotopic (exact) mass is 339 g/mol. The Morgan fingerprint density at radius 2 is 1.96 bits per heavy atom. The highest BCUT2D eigenvalue weighted by molar-refractivity contribution is 7.16. The van der Waals surface area contributed by atoms with E-state index < -0.39 is 5.92 Å². The molecular weight excluding hydrogens is 322 g/mol. The van der Waals surface area contributed by atoms with Crippen LogP contribution < -0.4 is 11.3 Å². The van der Waals surface area contributed by atoms with Crippen LogP contribution in [0.4, 0.5) is 5.00 Å². The summed E-state index contributed by atoms with van der Waals surface area (Å²) in [6, 6.07) is 8.82. The lowest BCUT2D eigenvalue weighted by molar-refractivity contribution is 0.0849. The first-order valence-corrected chi connectivity index (χ1v) is 8.85. The molecule has 0 saturated heterocycles. The third-order valence-corrected chi connectivity index (χ3v) is 5.81. The van der Waals surface area contributed by atoms with Gasteiger partial charge in [0.2, 0.25) is 0 Å². The Kier molecular flexibility index (Phi) is 3.78. The van der Waals surface area contributed by atoms with Crippen LogP contribution in [0.2, 0.25) is 0 Å². The van der Waals surface area contributed by atoms with E-state index in [4.69, 9.17) is 5.84 Å². The predicted octanol–water partition coefficient (Wildman–Crippen LogP) is 2.82. The summed E-state index contributed by atoms with van der Waals surface area (Å²) in [5.41, 5.74) is 4.70. The van der Waals surface area contributed by atoms with Gasteiger partial charge >= 0.3 is 0 Å². The Labute approximate surface area is 143 Å². The fourth-order valence-corrected chi connectivity index (χ4v) is 4.73. The Balaban J connectivity index is 1.81. The summed E-state index contributed by atoms with van der Waals surface area (Å²) >= 11 is 1.56. The van der Waals surface area contributed by atoms with E-state index in [1.165, 1.54) is 4.88 Å². The lowest BCUT2D eigenvalue weighted by atomic mass is 9.84. The van der Waals surface area contributed by atoms with Crippen molar-refractivity contribution in [3.8, 4) is 0 Å². The van der Waals surface area contributed by atoms with Gasteiger partial charge in [-0.05, 0) is 31.2 Å². The van der Waals surface area contributed by atoms with E-state index >= 15 is 0 Å². The van der Waals surface area contributed by atoms with Crippen LogP contribution in [-0.2, 0) is 12.8 Å². The number of fused-ring (bicyclic) bond motifs is 3. The quantitative estimate of drug-likeness (QED) is 0.381. The summed E-state index contributed by atoms with van der Waals surface area (Å²) < 4.78 is 0. The molecule has 3 N–H and O–H groups in total. The maximum absolute atomic E-state index is 13.1. The number of hydrazine groups is 1. The van der Waals surface area contributed by atoms with Gasteiger partial charge in [-0.15, -0.1) is 11.3 Å². The molecular formula is C18H17N3O2S. The van der Waals surface area contributed by atoms with Gasteiger partial charge in [-0.1, -0.05) is 30.3 Å². The van der Waals surface area contributed by atoms with Gasteiger partial charge in [0.1, 0.15) is 16.8 Å². The molecule has 0 saturated carbocycles. The van der Waals surface area contributed by atoms with Gasteiger partial charge in [0, 0.05) is 10.4 Å². The van der Waals surface area contributed by atoms with E-state index in [-0.39, 0.29) is 17.4 Å². The first-order valence-electron chi connectivity index (χ1n) is 8.04. The normalized spacial score (nSPS) is 19.3. The van der Waals surface area contributed by atoms with Crippen molar-refractivity contribution in [1.82, 2.24) is 5.43 Å². The van der Waals surface area contributed by atoms with Crippen LogP contribution in [-0.4, -0.2) is 17.4 Å². The molecule has 0 amide bonds. The maximum atomic E-state index is 13.1. The molecule has 24 heavy (non-hydrogen) atoms. The Morgan fingerprint density at radius 1 is 1.21 bits per heavy atom. The number of ketones is 2. The molecule has 0 fully saturated rings. The third kappa shape index (κ3) is 2.30. The molecule has 0 radical (unpaired) electrons. The number of aryl methyl sites for hydroxylation is 1. The van der Waals surface area contributed by atoms with E-state index in [0.29, 0.717) is 16.1 Å². The number of carbonyl (C=O) groups is 2. The number of nitrogens with one attached hydrogen (secondary N) is 1. The Bertz CT molecular complexity index is 855. The van der Waals surface area contributed by atoms with Crippen molar-refractivity contribution in [2.24, 2.45) is 16.8 Å². The largest absolute Gasteiger partial charge is 0.311 e. The number of carbonyl (C=O) groups excluding carboxylic acids is 2. The smallest absolute Gasteiger partial charge is 0.184 e. The van der Waals surface area contributed by atoms with Crippen molar-refractivity contribution in [2.75, 3.05) is 0 Å². The number of nitrogens with zero attached hydrogens (tertiary/aromatic N) is 1. The molecule has 4 rings (SSSR count). The fraction of sp³-hybridized carbons (Fsp3) is 0.278. The number of amidine groups is 1. The third-order valence-electron chi connectivity index (χ3n) is 4.63. The second-order valence-electron chi connectivity index (χ2n) is 6.06. The predicted molar refractivity (Wildman–Crippen MR) is 94.0 cm³/mol. The lowest BCUT2D eigenvalue weighted by Crippen LogP contribution is -2.45. The van der Waals surface area contributed by atoms with Crippen molar-refractivity contribution in [1.29, 1.82) is 0 Å². The molecule has 122 valence electrons. The molecule has 1 aromatic heterocycles. The van der Waals surface area contributed by atoms with E-state index in [2.05, 4.69) is 10.4 Å². The summed E-state index contributed by atoms with van der Waals surface area (Å²) in [7, 11) is 0. The van der Waals surface area contributed by atoms with Crippen molar-refractivity contribution in [3.05, 3.63) is 51.9 Å². The van der Waals surface area contributed by atoms with Gasteiger partial charge in [-0.2, -0.15) is 0 Å². The number of nitrogens with two attached hydrogens (primary N) is 1. The molecule has 2 aromatic rings. The zero-order chi connectivity index (χ0) is 16.7. The maximum Gasteiger partial charge on any atom is 0.184 e. The zero-order valence-corrected chi connectivity index (χ0v) is 13.9. The van der Waals surface area contributed by atoms with Crippen LogP contribution in [0, 0.1) is 5.92 Å². The topological polar surface area (TPSA) is 84.5 Å². The number of hydrogen-bond acceptors (Lipinski definition) is 6. The second-order valence-corrected chi connectivity index (χ2v) is 7.14. The highest BCUT2D eigenvalue weighted by Gasteiger charge is 2.40. The van der Waals surface area contributed by atoms with Crippen molar-refractivity contribution < 1.29 is 9.59 Å². The summed E-state index contributed by atoms with van der Waals surface area (Å²) in [6.45, 7) is 0. The van der Waals surface area contributed by atoms with Gasteiger partial charge in [-0.25, -0.2) is 10.8 Å². The summed E-state index contributed by atoms with van der Waals surface area (Å²) in [5.74, 6) is 4.38. The van der Waals surface area contributed by atoms with Gasteiger partial charge in [0.25, 0.3) is 0 Å². The molecule has 1 unspecified atom stereocenters. The Morgan fingerprint density at radius 3 is 2.71 bits per heavy atom. The zero-order valence-electron chi connectivity index (χ0n) is 13.0. The number of aliphatic imine (C=N–C) groups is 1. The molecule has 2 aliphatic rings. The Hall–Kier alpha value is -2.31. The molecule has 5 nitrogen and oxygen atoms in total. The van der Waals surface area contributed by atoms with E-state index in [1.54, 1.807) is 35.6 Å². The molecule has 1 atom stereocenters. The second kappa shape index (κ2) is 5.96. The minimum Gasteiger partial charge on any atom is -0.311 e. The van der Waals surface area contributed by atoms with E-state index in [1.807, 2.05) is 6.07 Å². The van der Waals surface area contributed by atoms with Crippen LogP contribution in [0.3, 0.4) is 0 Å². The fourth-order valence-electron chi connectivity index (χ4n) is 3.45. The standard InChI is InChI=1S/C18H17N3O2S/c19-21-17-14(15(22)10-6-2-1-3-7-10)16(23)13-11-8-4-5-9-12(11)24-18(13)20-17/h1-3,6-7,14H,4-5,8-9,19H2,(H,20,21). The van der Waals surface area contributed by atoms with Gasteiger partial charge in [-0.3, -0.25) is 9.59 Å². The molecule has 0 spiro atoms. The number of Topliss-reactive ketones (excluding diaryl/α,β-unsaturated/α-hetero) is 2. The van der Waals surface area contributed by atoms with Crippen molar-refractivity contribution in [2.45, 2.75) is 25.7 Å². The van der Waals surface area contributed by atoms with E-state index in [0.717, 1.165) is 31.2 Å². The number of thiophene rings is 1. The van der Waals surface area contributed by atoms with Crippen LogP contribution in [0.5, 0.6) is 0 Å². The average Bonchev–Trinajstić information content (AvgIpc) is 3.00. The average molecular weight is 339 g/mol. The van der Waals surface area contributed by atoms with Crippen molar-refractivity contribution in [3.63, 3.8) is 0 Å². The lowest BCUT2D eigenvalue weighted by Gasteiger charge is -2.22. The number of benzene rings is 1. The molecule has 0 bridgehead atoms. The molecule has 1 aliphatic carbocycles. The highest BCUT2D eigenvalue weighted by atomic mass is 32.1. The molecule has 1 aromatic carbocycles. The minimum atomic E-state index is -0.981. The van der Waals surface area contributed by atoms with Gasteiger partial charge < -0.3 is 5.43 Å². The minimum absolute atomic E-state index is 0.179. The van der Waals surface area contributed by atoms with Crippen LogP contribution in [0.1, 0.15) is 44.0 Å². The first kappa shape index (κ1) is 15.2. The SMILES string of the molecule is NNC1=Nc2sc3c(c2C(=O)C1C(=O)c1ccccc1)CCCC3. The molecule has 1 aliphatic heterocycles.